The van der Waals surface area contributed by atoms with Gasteiger partial charge in [0.05, 0.1) is 10.8 Å². The smallest absolute Gasteiger partial charge is 0.238 e. The summed E-state index contributed by atoms with van der Waals surface area (Å²) in [5.41, 5.74) is 0. The summed E-state index contributed by atoms with van der Waals surface area (Å²) in [6, 6.07) is 5.70. The van der Waals surface area contributed by atoms with Crippen LogP contribution < -0.4 is 5.32 Å². The van der Waals surface area contributed by atoms with E-state index in [1.54, 1.807) is 11.6 Å². The minimum Gasteiger partial charge on any atom is -0.341 e. The van der Waals surface area contributed by atoms with E-state index >= 15 is 0 Å². The number of halogens is 1. The van der Waals surface area contributed by atoms with Crippen molar-refractivity contribution >= 4 is 49.7 Å². The molecule has 1 aromatic carbocycles. The third kappa shape index (κ3) is 5.06. The van der Waals surface area contributed by atoms with Gasteiger partial charge in [0.25, 0.3) is 0 Å². The first-order valence-electron chi connectivity index (χ1n) is 8.31. The molecule has 1 unspecified atom stereocenters. The number of hydrogen-bond acceptors (Lipinski definition) is 6. The Morgan fingerprint density at radius 2 is 2.04 bits per heavy atom. The van der Waals surface area contributed by atoms with Gasteiger partial charge in [0.1, 0.15) is 5.75 Å². The summed E-state index contributed by atoms with van der Waals surface area (Å²) in [4.78, 5) is 30.4. The molecule has 10 heteroatoms. The molecular weight excluding hydrogens is 410 g/mol. The van der Waals surface area contributed by atoms with E-state index in [-0.39, 0.29) is 23.3 Å². The quantitative estimate of drug-likeness (QED) is 0.790. The lowest BCUT2D eigenvalue weighted by Gasteiger charge is -2.31. The van der Waals surface area contributed by atoms with Gasteiger partial charge in [-0.25, -0.2) is 13.4 Å². The lowest BCUT2D eigenvalue weighted by atomic mass is 9.97. The van der Waals surface area contributed by atoms with Crippen LogP contribution in [0.2, 0.25) is 5.02 Å². The van der Waals surface area contributed by atoms with Crippen molar-refractivity contribution in [1.82, 2.24) is 9.88 Å². The second-order valence-electron chi connectivity index (χ2n) is 6.22. The number of likely N-dealkylation sites (tertiary alicyclic amines) is 1. The van der Waals surface area contributed by atoms with Crippen molar-refractivity contribution in [2.75, 3.05) is 24.2 Å². The fourth-order valence-electron chi connectivity index (χ4n) is 2.89. The van der Waals surface area contributed by atoms with E-state index in [4.69, 9.17) is 11.6 Å². The monoisotopic (exact) mass is 427 g/mol. The fraction of sp³-hybridized carbons (Fsp3) is 0.353. The van der Waals surface area contributed by atoms with Gasteiger partial charge in [-0.2, -0.15) is 0 Å². The first-order valence-corrected chi connectivity index (χ1v) is 11.2. The van der Waals surface area contributed by atoms with Crippen LogP contribution in [0.3, 0.4) is 0 Å². The molecule has 1 atom stereocenters. The Hall–Kier alpha value is -1.97. The van der Waals surface area contributed by atoms with Gasteiger partial charge in [0.2, 0.25) is 11.8 Å². The van der Waals surface area contributed by atoms with Crippen LogP contribution in [0.4, 0.5) is 5.13 Å². The molecule has 1 aliphatic rings. The van der Waals surface area contributed by atoms with Crippen molar-refractivity contribution in [3.05, 3.63) is 40.9 Å². The van der Waals surface area contributed by atoms with Crippen LogP contribution in [-0.4, -0.2) is 49.0 Å². The van der Waals surface area contributed by atoms with Crippen molar-refractivity contribution in [1.29, 1.82) is 0 Å². The van der Waals surface area contributed by atoms with Gasteiger partial charge < -0.3 is 10.2 Å². The number of sulfone groups is 1. The standard InChI is InChI=1S/C17H18ClN3O4S2/c18-13-3-5-14(6-4-13)27(24,25)11-15(22)21-8-1-2-12(10-21)16(23)20-17-19-7-9-26-17/h3-7,9,12H,1-2,8,10-11H2,(H,19,20,23). The number of piperidine rings is 1. The summed E-state index contributed by atoms with van der Waals surface area (Å²) in [5, 5.41) is 5.42. The van der Waals surface area contributed by atoms with E-state index in [9.17, 15) is 18.0 Å². The van der Waals surface area contributed by atoms with E-state index in [1.165, 1.54) is 40.5 Å². The molecule has 2 amide bonds. The van der Waals surface area contributed by atoms with Gasteiger partial charge in [-0.05, 0) is 37.1 Å². The summed E-state index contributed by atoms with van der Waals surface area (Å²) in [7, 11) is -3.76. The number of nitrogens with one attached hydrogen (secondary N) is 1. The maximum Gasteiger partial charge on any atom is 0.238 e. The molecule has 0 radical (unpaired) electrons. The number of amides is 2. The number of carbonyl (C=O) groups is 2. The number of thiazole rings is 1. The number of hydrogen-bond donors (Lipinski definition) is 1. The maximum atomic E-state index is 12.5. The topological polar surface area (TPSA) is 96.4 Å². The Labute approximate surface area is 166 Å². The van der Waals surface area contributed by atoms with Crippen LogP contribution in [0.25, 0.3) is 0 Å². The Bertz CT molecular complexity index is 914. The van der Waals surface area contributed by atoms with Gasteiger partial charge in [0.15, 0.2) is 15.0 Å². The van der Waals surface area contributed by atoms with Crippen LogP contribution in [-0.2, 0) is 19.4 Å². The third-order valence-electron chi connectivity index (χ3n) is 4.29. The molecule has 2 aromatic rings. The van der Waals surface area contributed by atoms with Gasteiger partial charge >= 0.3 is 0 Å². The second kappa shape index (κ2) is 8.37. The Morgan fingerprint density at radius 1 is 1.30 bits per heavy atom. The van der Waals surface area contributed by atoms with Crippen LogP contribution in [0.15, 0.2) is 40.7 Å². The average Bonchev–Trinajstić information content (AvgIpc) is 3.15. The maximum absolute atomic E-state index is 12.5. The van der Waals surface area contributed by atoms with E-state index in [0.29, 0.717) is 29.5 Å². The minimum atomic E-state index is -3.76. The largest absolute Gasteiger partial charge is 0.341 e. The molecule has 1 aromatic heterocycles. The van der Waals surface area contributed by atoms with Gasteiger partial charge in [0, 0.05) is 29.7 Å². The SMILES string of the molecule is O=C(Nc1nccs1)C1CCCN(C(=O)CS(=O)(=O)c2ccc(Cl)cc2)C1. The molecule has 2 heterocycles. The average molecular weight is 428 g/mol. The lowest BCUT2D eigenvalue weighted by Crippen LogP contribution is -2.45. The highest BCUT2D eigenvalue weighted by atomic mass is 35.5. The predicted octanol–water partition coefficient (Wildman–Crippen LogP) is 2.45. The van der Waals surface area contributed by atoms with Crippen LogP contribution in [0.1, 0.15) is 12.8 Å². The zero-order valence-electron chi connectivity index (χ0n) is 14.3. The highest BCUT2D eigenvalue weighted by Crippen LogP contribution is 2.21. The fourth-order valence-corrected chi connectivity index (χ4v) is 4.77. The van der Waals surface area contributed by atoms with E-state index in [2.05, 4.69) is 10.3 Å². The molecule has 1 N–H and O–H groups in total. The van der Waals surface area contributed by atoms with Gasteiger partial charge in [-0.1, -0.05) is 11.6 Å². The Morgan fingerprint density at radius 3 is 2.70 bits per heavy atom. The van der Waals surface area contributed by atoms with Gasteiger partial charge in [-0.3, -0.25) is 9.59 Å². The molecule has 1 aliphatic heterocycles. The minimum absolute atomic E-state index is 0.0512. The third-order valence-corrected chi connectivity index (χ3v) is 6.85. The predicted molar refractivity (Wildman–Crippen MR) is 104 cm³/mol. The Balaban J connectivity index is 1.62. The number of benzene rings is 1. The summed E-state index contributed by atoms with van der Waals surface area (Å²) in [6.07, 6.45) is 2.88. The summed E-state index contributed by atoms with van der Waals surface area (Å²) >= 11 is 7.09. The number of aromatic nitrogens is 1. The molecule has 3 rings (SSSR count). The molecule has 0 aliphatic carbocycles. The molecule has 0 spiro atoms. The second-order valence-corrected chi connectivity index (χ2v) is 9.54. The van der Waals surface area contributed by atoms with Crippen LogP contribution in [0, 0.1) is 5.92 Å². The summed E-state index contributed by atoms with van der Waals surface area (Å²) in [5.74, 6) is -1.72. The number of rotatable bonds is 5. The molecule has 7 nitrogen and oxygen atoms in total. The first kappa shape index (κ1) is 19.8. The van der Waals surface area contributed by atoms with Crippen LogP contribution in [0.5, 0.6) is 0 Å². The van der Waals surface area contributed by atoms with Crippen molar-refractivity contribution in [3.8, 4) is 0 Å². The zero-order chi connectivity index (χ0) is 19.4. The molecule has 0 saturated carbocycles. The molecule has 1 fully saturated rings. The van der Waals surface area contributed by atoms with Crippen molar-refractivity contribution in [2.45, 2.75) is 17.7 Å². The number of nitrogens with zero attached hydrogens (tertiary/aromatic N) is 2. The van der Waals surface area contributed by atoms with Crippen LogP contribution >= 0.6 is 22.9 Å². The molecular formula is C17H18ClN3O4S2. The first-order chi connectivity index (χ1) is 12.8. The van der Waals surface area contributed by atoms with Crippen molar-refractivity contribution in [3.63, 3.8) is 0 Å². The van der Waals surface area contributed by atoms with Gasteiger partial charge in [-0.15, -0.1) is 11.3 Å². The Kier molecular flexibility index (Phi) is 6.13. The van der Waals surface area contributed by atoms with Crippen molar-refractivity contribution < 1.29 is 18.0 Å². The van der Waals surface area contributed by atoms with E-state index in [1.807, 2.05) is 0 Å². The normalized spacial score (nSPS) is 17.5. The highest BCUT2D eigenvalue weighted by Gasteiger charge is 2.31. The lowest BCUT2D eigenvalue weighted by molar-refractivity contribution is -0.132. The zero-order valence-corrected chi connectivity index (χ0v) is 16.7. The molecule has 0 bridgehead atoms. The number of anilines is 1. The molecule has 27 heavy (non-hydrogen) atoms. The molecule has 144 valence electrons. The van der Waals surface area contributed by atoms with E-state index in [0.717, 1.165) is 0 Å². The summed E-state index contributed by atoms with van der Waals surface area (Å²) < 4.78 is 24.9. The number of carbonyl (C=O) groups excluding carboxylic acids is 2. The van der Waals surface area contributed by atoms with Crippen molar-refractivity contribution in [2.24, 2.45) is 5.92 Å². The summed E-state index contributed by atoms with van der Waals surface area (Å²) in [6.45, 7) is 0.641. The van der Waals surface area contributed by atoms with E-state index < -0.39 is 21.5 Å². The highest BCUT2D eigenvalue weighted by molar-refractivity contribution is 7.92. The molecule has 1 saturated heterocycles.